The summed E-state index contributed by atoms with van der Waals surface area (Å²) in [6.07, 6.45) is 1.63. The van der Waals surface area contributed by atoms with Crippen molar-refractivity contribution in [3.63, 3.8) is 0 Å². The lowest BCUT2D eigenvalue weighted by Gasteiger charge is -2.07. The Hall–Kier alpha value is -1.60. The molecule has 0 fully saturated rings. The second kappa shape index (κ2) is 6.03. The van der Waals surface area contributed by atoms with E-state index >= 15 is 0 Å². The number of carbonyl (C=O) groups excluding carboxylic acids is 1. The second-order valence-electron chi connectivity index (χ2n) is 3.65. The molecule has 2 aromatic rings. The number of rotatable bonds is 4. The summed E-state index contributed by atoms with van der Waals surface area (Å²) in [7, 11) is 0. The van der Waals surface area contributed by atoms with Gasteiger partial charge in [0.1, 0.15) is 5.75 Å². The van der Waals surface area contributed by atoms with Crippen molar-refractivity contribution in [2.24, 2.45) is 0 Å². The van der Waals surface area contributed by atoms with E-state index in [1.54, 1.807) is 24.4 Å². The van der Waals surface area contributed by atoms with Crippen molar-refractivity contribution in [3.8, 4) is 5.75 Å². The Balaban J connectivity index is 2.18. The van der Waals surface area contributed by atoms with E-state index in [2.05, 4.69) is 26.2 Å². The van der Waals surface area contributed by atoms with Crippen LogP contribution in [0.2, 0.25) is 0 Å². The first-order valence-corrected chi connectivity index (χ1v) is 7.15. The Labute approximate surface area is 122 Å². The summed E-state index contributed by atoms with van der Waals surface area (Å²) in [4.78, 5) is 16.1. The van der Waals surface area contributed by atoms with Crippen LogP contribution in [-0.4, -0.2) is 17.5 Å². The van der Waals surface area contributed by atoms with Crippen molar-refractivity contribution in [3.05, 3.63) is 33.7 Å². The molecule has 0 aliphatic rings. The molecule has 0 saturated carbocycles. The first-order valence-electron chi connectivity index (χ1n) is 5.54. The van der Waals surface area contributed by atoms with Crippen LogP contribution in [-0.2, 0) is 0 Å². The van der Waals surface area contributed by atoms with Crippen LogP contribution in [0.3, 0.4) is 0 Å². The molecule has 1 aromatic carbocycles. The van der Waals surface area contributed by atoms with E-state index in [0.29, 0.717) is 28.7 Å². The molecule has 7 heteroatoms. The van der Waals surface area contributed by atoms with Crippen molar-refractivity contribution in [1.29, 1.82) is 0 Å². The minimum absolute atomic E-state index is 0.268. The van der Waals surface area contributed by atoms with Crippen LogP contribution < -0.4 is 15.8 Å². The number of thiazole rings is 1. The van der Waals surface area contributed by atoms with E-state index < -0.39 is 0 Å². The summed E-state index contributed by atoms with van der Waals surface area (Å²) in [5.74, 6) is 0.308. The van der Waals surface area contributed by atoms with E-state index in [9.17, 15) is 4.79 Å². The lowest BCUT2D eigenvalue weighted by molar-refractivity contribution is 0.102. The molecular weight excluding hydrogens is 330 g/mol. The lowest BCUT2D eigenvalue weighted by Crippen LogP contribution is -2.12. The molecule has 0 spiro atoms. The van der Waals surface area contributed by atoms with Crippen molar-refractivity contribution in [1.82, 2.24) is 4.98 Å². The van der Waals surface area contributed by atoms with Gasteiger partial charge in [-0.15, -0.1) is 0 Å². The van der Waals surface area contributed by atoms with E-state index in [-0.39, 0.29) is 5.91 Å². The number of amides is 1. The van der Waals surface area contributed by atoms with Gasteiger partial charge in [-0.2, -0.15) is 0 Å². The molecule has 1 aromatic heterocycles. The molecule has 2 rings (SSSR count). The number of ether oxygens (including phenoxy) is 1. The van der Waals surface area contributed by atoms with Crippen LogP contribution in [0.5, 0.6) is 5.75 Å². The molecule has 0 bridgehead atoms. The standard InChI is InChI=1S/C12H12BrN3O2S/c1-2-18-9-4-7(3-8(14)5-9)11(17)16-12-15-6-10(13)19-12/h3-6H,2,14H2,1H3,(H,15,16,17). The molecule has 0 radical (unpaired) electrons. The predicted molar refractivity (Wildman–Crippen MR) is 79.8 cm³/mol. The number of nitrogen functional groups attached to an aromatic ring is 1. The fourth-order valence-corrected chi connectivity index (χ4v) is 2.59. The van der Waals surface area contributed by atoms with Crippen LogP contribution in [0, 0.1) is 0 Å². The smallest absolute Gasteiger partial charge is 0.257 e. The molecule has 3 N–H and O–H groups in total. The number of nitrogens with two attached hydrogens (primary N) is 1. The molecule has 0 unspecified atom stereocenters. The summed E-state index contributed by atoms with van der Waals surface area (Å²) in [5.41, 5.74) is 6.67. The number of nitrogens with one attached hydrogen (secondary N) is 1. The van der Waals surface area contributed by atoms with Crippen LogP contribution >= 0.6 is 27.3 Å². The Morgan fingerprint density at radius 2 is 2.32 bits per heavy atom. The molecule has 1 amide bonds. The molecular formula is C12H12BrN3O2S. The maximum Gasteiger partial charge on any atom is 0.257 e. The number of benzene rings is 1. The maximum absolute atomic E-state index is 12.1. The van der Waals surface area contributed by atoms with Gasteiger partial charge in [0, 0.05) is 17.3 Å². The van der Waals surface area contributed by atoms with E-state index in [0.717, 1.165) is 3.79 Å². The minimum atomic E-state index is -0.268. The van der Waals surface area contributed by atoms with Crippen molar-refractivity contribution in [2.75, 3.05) is 17.7 Å². The first-order chi connectivity index (χ1) is 9.08. The zero-order valence-corrected chi connectivity index (χ0v) is 12.5. The third-order valence-electron chi connectivity index (χ3n) is 2.20. The summed E-state index contributed by atoms with van der Waals surface area (Å²) >= 11 is 4.63. The van der Waals surface area contributed by atoms with Gasteiger partial charge in [-0.3, -0.25) is 10.1 Å². The summed E-state index contributed by atoms with van der Waals surface area (Å²) in [6, 6.07) is 4.93. The van der Waals surface area contributed by atoms with Gasteiger partial charge in [-0.25, -0.2) is 4.98 Å². The first kappa shape index (κ1) is 13.8. The van der Waals surface area contributed by atoms with Crippen molar-refractivity contribution in [2.45, 2.75) is 6.92 Å². The van der Waals surface area contributed by atoms with Gasteiger partial charge in [0.05, 0.1) is 16.6 Å². The molecule has 1 heterocycles. The third-order valence-corrected chi connectivity index (χ3v) is 3.59. The van der Waals surface area contributed by atoms with Gasteiger partial charge in [0.2, 0.25) is 0 Å². The van der Waals surface area contributed by atoms with Crippen molar-refractivity contribution < 1.29 is 9.53 Å². The second-order valence-corrected chi connectivity index (χ2v) is 6.06. The van der Waals surface area contributed by atoms with Crippen LogP contribution in [0.4, 0.5) is 10.8 Å². The molecule has 0 atom stereocenters. The number of hydrogen-bond donors (Lipinski definition) is 2. The Bertz CT molecular complexity index is 600. The van der Waals surface area contributed by atoms with Gasteiger partial charge in [-0.1, -0.05) is 11.3 Å². The molecule has 0 aliphatic heterocycles. The van der Waals surface area contributed by atoms with Crippen LogP contribution in [0.15, 0.2) is 28.2 Å². The highest BCUT2D eigenvalue weighted by atomic mass is 79.9. The highest BCUT2D eigenvalue weighted by Crippen LogP contribution is 2.24. The third kappa shape index (κ3) is 3.68. The van der Waals surface area contributed by atoms with Crippen molar-refractivity contribution >= 4 is 44.0 Å². The number of hydrogen-bond acceptors (Lipinski definition) is 5. The number of halogens is 1. The maximum atomic E-state index is 12.1. The molecule has 0 aliphatic carbocycles. The Morgan fingerprint density at radius 3 is 2.95 bits per heavy atom. The quantitative estimate of drug-likeness (QED) is 0.837. The van der Waals surface area contributed by atoms with Gasteiger partial charge >= 0.3 is 0 Å². The fourth-order valence-electron chi connectivity index (χ4n) is 1.48. The zero-order chi connectivity index (χ0) is 13.8. The number of nitrogens with zero attached hydrogens (tertiary/aromatic N) is 1. The van der Waals surface area contributed by atoms with Gasteiger partial charge in [0.25, 0.3) is 5.91 Å². The highest BCUT2D eigenvalue weighted by Gasteiger charge is 2.11. The zero-order valence-electron chi connectivity index (χ0n) is 10.1. The number of anilines is 2. The number of carbonyl (C=O) groups is 1. The largest absolute Gasteiger partial charge is 0.494 e. The van der Waals surface area contributed by atoms with Crippen LogP contribution in [0.1, 0.15) is 17.3 Å². The highest BCUT2D eigenvalue weighted by molar-refractivity contribution is 9.11. The topological polar surface area (TPSA) is 77.2 Å². The lowest BCUT2D eigenvalue weighted by atomic mass is 10.2. The fraction of sp³-hybridized carbons (Fsp3) is 0.167. The Kier molecular flexibility index (Phi) is 4.39. The average molecular weight is 342 g/mol. The summed E-state index contributed by atoms with van der Waals surface area (Å²) in [5, 5.41) is 3.23. The molecule has 0 saturated heterocycles. The van der Waals surface area contributed by atoms with Gasteiger partial charge in [0.15, 0.2) is 5.13 Å². The minimum Gasteiger partial charge on any atom is -0.494 e. The van der Waals surface area contributed by atoms with Gasteiger partial charge in [-0.05, 0) is 35.0 Å². The predicted octanol–water partition coefficient (Wildman–Crippen LogP) is 3.14. The van der Waals surface area contributed by atoms with Gasteiger partial charge < -0.3 is 10.5 Å². The van der Waals surface area contributed by atoms with E-state index in [1.807, 2.05) is 6.92 Å². The summed E-state index contributed by atoms with van der Waals surface area (Å²) in [6.45, 7) is 2.39. The number of aromatic nitrogens is 1. The van der Waals surface area contributed by atoms with Crippen LogP contribution in [0.25, 0.3) is 0 Å². The molecule has 19 heavy (non-hydrogen) atoms. The molecule has 100 valence electrons. The Morgan fingerprint density at radius 1 is 1.53 bits per heavy atom. The summed E-state index contributed by atoms with van der Waals surface area (Å²) < 4.78 is 6.20. The monoisotopic (exact) mass is 341 g/mol. The average Bonchev–Trinajstić information content (AvgIpc) is 2.74. The normalized spacial score (nSPS) is 10.2. The SMILES string of the molecule is CCOc1cc(N)cc(C(=O)Nc2ncc(Br)s2)c1. The molecule has 5 nitrogen and oxygen atoms in total. The van der Waals surface area contributed by atoms with E-state index in [1.165, 1.54) is 11.3 Å². The van der Waals surface area contributed by atoms with E-state index in [4.69, 9.17) is 10.5 Å².